The van der Waals surface area contributed by atoms with Gasteiger partial charge in [-0.15, -0.1) is 11.3 Å². The highest BCUT2D eigenvalue weighted by atomic mass is 33.1. The maximum Gasteiger partial charge on any atom is 0.0706 e. The first-order valence-corrected chi connectivity index (χ1v) is 8.89. The third-order valence-electron chi connectivity index (χ3n) is 2.48. The molecule has 15 heavy (non-hydrogen) atoms. The SMILES string of the molecule is CCCCC(CC)CSSc1cccs1. The van der Waals surface area contributed by atoms with E-state index in [1.807, 2.05) is 32.9 Å². The summed E-state index contributed by atoms with van der Waals surface area (Å²) >= 11 is 1.84. The first kappa shape index (κ1) is 13.5. The summed E-state index contributed by atoms with van der Waals surface area (Å²) in [6.07, 6.45) is 5.46. The van der Waals surface area contributed by atoms with Crippen LogP contribution in [0.15, 0.2) is 21.7 Å². The lowest BCUT2D eigenvalue weighted by Crippen LogP contribution is -2.00. The van der Waals surface area contributed by atoms with Gasteiger partial charge in [-0.2, -0.15) is 0 Å². The summed E-state index contributed by atoms with van der Waals surface area (Å²) < 4.78 is 1.44. The van der Waals surface area contributed by atoms with Crippen LogP contribution in [0.3, 0.4) is 0 Å². The van der Waals surface area contributed by atoms with Crippen LogP contribution in [0, 0.1) is 5.92 Å². The number of rotatable bonds is 8. The van der Waals surface area contributed by atoms with Crippen LogP contribution in [0.5, 0.6) is 0 Å². The van der Waals surface area contributed by atoms with E-state index < -0.39 is 0 Å². The maximum atomic E-state index is 2.32. The van der Waals surface area contributed by atoms with Crippen molar-refractivity contribution in [2.45, 2.75) is 43.7 Å². The molecule has 1 atom stereocenters. The molecule has 0 radical (unpaired) electrons. The zero-order chi connectivity index (χ0) is 10.9. The lowest BCUT2D eigenvalue weighted by Gasteiger charge is -2.12. The van der Waals surface area contributed by atoms with Crippen LogP contribution >= 0.6 is 32.9 Å². The van der Waals surface area contributed by atoms with E-state index in [0.29, 0.717) is 0 Å². The van der Waals surface area contributed by atoms with E-state index in [2.05, 4.69) is 31.4 Å². The number of hydrogen-bond acceptors (Lipinski definition) is 3. The Balaban J connectivity index is 2.11. The highest BCUT2D eigenvalue weighted by Gasteiger charge is 2.06. The maximum absolute atomic E-state index is 2.32. The van der Waals surface area contributed by atoms with Crippen LogP contribution in [-0.4, -0.2) is 5.75 Å². The van der Waals surface area contributed by atoms with Gasteiger partial charge in [0.15, 0.2) is 0 Å². The van der Waals surface area contributed by atoms with Crippen molar-refractivity contribution in [2.75, 3.05) is 5.75 Å². The Morgan fingerprint density at radius 3 is 2.87 bits per heavy atom. The lowest BCUT2D eigenvalue weighted by molar-refractivity contribution is 0.500. The van der Waals surface area contributed by atoms with Gasteiger partial charge in [-0.25, -0.2) is 0 Å². The van der Waals surface area contributed by atoms with Gasteiger partial charge in [0, 0.05) is 5.75 Å². The molecule has 0 aliphatic carbocycles. The largest absolute Gasteiger partial charge is 0.137 e. The molecular weight excluding hydrogens is 240 g/mol. The second kappa shape index (κ2) is 8.54. The summed E-state index contributed by atoms with van der Waals surface area (Å²) in [6, 6.07) is 4.33. The summed E-state index contributed by atoms with van der Waals surface area (Å²) in [5, 5.41) is 2.15. The Labute approximate surface area is 106 Å². The second-order valence-corrected chi connectivity index (χ2v) is 7.31. The molecule has 0 fully saturated rings. The van der Waals surface area contributed by atoms with Gasteiger partial charge in [-0.3, -0.25) is 0 Å². The van der Waals surface area contributed by atoms with Gasteiger partial charge in [0.05, 0.1) is 4.21 Å². The van der Waals surface area contributed by atoms with Crippen molar-refractivity contribution in [3.8, 4) is 0 Å². The van der Waals surface area contributed by atoms with Gasteiger partial charge in [0.1, 0.15) is 0 Å². The average Bonchev–Trinajstić information content (AvgIpc) is 2.76. The molecule has 0 saturated heterocycles. The minimum absolute atomic E-state index is 0.919. The molecule has 1 rings (SSSR count). The van der Waals surface area contributed by atoms with E-state index in [9.17, 15) is 0 Å². The molecule has 0 spiro atoms. The van der Waals surface area contributed by atoms with Crippen LogP contribution < -0.4 is 0 Å². The van der Waals surface area contributed by atoms with Gasteiger partial charge in [0.25, 0.3) is 0 Å². The molecule has 0 amide bonds. The third kappa shape index (κ3) is 5.88. The van der Waals surface area contributed by atoms with E-state index >= 15 is 0 Å². The predicted octanol–water partition coefficient (Wildman–Crippen LogP) is 5.70. The zero-order valence-corrected chi connectivity index (χ0v) is 12.0. The third-order valence-corrected chi connectivity index (χ3v) is 6.33. The molecule has 0 N–H and O–H groups in total. The van der Waals surface area contributed by atoms with Gasteiger partial charge >= 0.3 is 0 Å². The number of thiophene rings is 1. The summed E-state index contributed by atoms with van der Waals surface area (Å²) in [6.45, 7) is 4.59. The molecule has 1 aromatic rings. The molecule has 1 unspecified atom stereocenters. The molecule has 0 saturated carbocycles. The van der Waals surface area contributed by atoms with E-state index in [0.717, 1.165) is 5.92 Å². The molecule has 0 aliphatic heterocycles. The minimum Gasteiger partial charge on any atom is -0.137 e. The van der Waals surface area contributed by atoms with Crippen molar-refractivity contribution in [1.29, 1.82) is 0 Å². The Kier molecular flexibility index (Phi) is 7.67. The van der Waals surface area contributed by atoms with E-state index in [1.54, 1.807) is 0 Å². The van der Waals surface area contributed by atoms with Crippen molar-refractivity contribution in [2.24, 2.45) is 5.92 Å². The quantitative estimate of drug-likeness (QED) is 0.549. The monoisotopic (exact) mass is 260 g/mol. The molecule has 3 heteroatoms. The van der Waals surface area contributed by atoms with Gasteiger partial charge in [0.2, 0.25) is 0 Å². The predicted molar refractivity (Wildman–Crippen MR) is 75.9 cm³/mol. The molecule has 86 valence electrons. The Morgan fingerprint density at radius 2 is 2.27 bits per heavy atom. The summed E-state index contributed by atoms with van der Waals surface area (Å²) in [5.41, 5.74) is 0. The fourth-order valence-corrected chi connectivity index (χ4v) is 5.17. The highest BCUT2D eigenvalue weighted by molar-refractivity contribution is 8.77. The Morgan fingerprint density at radius 1 is 1.40 bits per heavy atom. The Bertz CT molecular complexity index is 231. The van der Waals surface area contributed by atoms with Crippen LogP contribution in [0.25, 0.3) is 0 Å². The second-order valence-electron chi connectivity index (χ2n) is 3.72. The van der Waals surface area contributed by atoms with Crippen LogP contribution in [0.1, 0.15) is 39.5 Å². The van der Waals surface area contributed by atoms with Gasteiger partial charge < -0.3 is 0 Å². The fraction of sp³-hybridized carbons (Fsp3) is 0.667. The van der Waals surface area contributed by atoms with Crippen molar-refractivity contribution >= 4 is 32.9 Å². The van der Waals surface area contributed by atoms with Crippen molar-refractivity contribution in [1.82, 2.24) is 0 Å². The molecule has 0 nitrogen and oxygen atoms in total. The Hall–Kier alpha value is 0.400. The summed E-state index contributed by atoms with van der Waals surface area (Å²) in [4.78, 5) is 0. The molecular formula is C12H20S3. The van der Waals surface area contributed by atoms with Crippen LogP contribution in [0.4, 0.5) is 0 Å². The fourth-order valence-electron chi connectivity index (χ4n) is 1.40. The molecule has 1 aromatic heterocycles. The zero-order valence-electron chi connectivity index (χ0n) is 9.57. The first-order valence-electron chi connectivity index (χ1n) is 5.69. The van der Waals surface area contributed by atoms with Crippen LogP contribution in [-0.2, 0) is 0 Å². The van der Waals surface area contributed by atoms with Gasteiger partial charge in [-0.1, -0.05) is 50.0 Å². The summed E-state index contributed by atoms with van der Waals surface area (Å²) in [5.74, 6) is 2.22. The van der Waals surface area contributed by atoms with Gasteiger partial charge in [-0.05, 0) is 34.6 Å². The molecule has 0 bridgehead atoms. The lowest BCUT2D eigenvalue weighted by atomic mass is 10.0. The molecule has 0 aliphatic rings. The highest BCUT2D eigenvalue weighted by Crippen LogP contribution is 2.36. The molecule has 0 aromatic carbocycles. The van der Waals surface area contributed by atoms with E-state index in [4.69, 9.17) is 0 Å². The number of hydrogen-bond donors (Lipinski definition) is 0. The van der Waals surface area contributed by atoms with Crippen LogP contribution in [0.2, 0.25) is 0 Å². The first-order chi connectivity index (χ1) is 7.36. The smallest absolute Gasteiger partial charge is 0.0706 e. The topological polar surface area (TPSA) is 0 Å². The van der Waals surface area contributed by atoms with E-state index in [-0.39, 0.29) is 0 Å². The van der Waals surface area contributed by atoms with E-state index in [1.165, 1.54) is 35.6 Å². The normalized spacial score (nSPS) is 12.9. The molecule has 1 heterocycles. The minimum atomic E-state index is 0.919. The summed E-state index contributed by atoms with van der Waals surface area (Å²) in [7, 11) is 3.96. The number of unbranched alkanes of at least 4 members (excludes halogenated alkanes) is 1. The van der Waals surface area contributed by atoms with Crippen molar-refractivity contribution in [3.05, 3.63) is 17.5 Å². The van der Waals surface area contributed by atoms with Crippen molar-refractivity contribution < 1.29 is 0 Å². The average molecular weight is 260 g/mol. The standard InChI is InChI=1S/C12H20S3/c1-3-5-7-11(4-2)10-14-15-12-8-6-9-13-12/h6,8-9,11H,3-5,7,10H2,1-2H3. The van der Waals surface area contributed by atoms with Crippen molar-refractivity contribution in [3.63, 3.8) is 0 Å².